The number of aryl methyl sites for hydroxylation is 1. The highest BCUT2D eigenvalue weighted by Crippen LogP contribution is 2.43. The summed E-state index contributed by atoms with van der Waals surface area (Å²) in [7, 11) is 1.60. The third-order valence-corrected chi connectivity index (χ3v) is 8.27. The zero-order valence-corrected chi connectivity index (χ0v) is 25.7. The molecule has 9 nitrogen and oxygen atoms in total. The molecule has 0 aliphatic heterocycles. The van der Waals surface area contributed by atoms with Crippen molar-refractivity contribution in [1.82, 2.24) is 14.8 Å². The second kappa shape index (κ2) is 13.6. The second-order valence-electron chi connectivity index (χ2n) is 8.49. The van der Waals surface area contributed by atoms with Gasteiger partial charge in [-0.15, -0.1) is 10.2 Å². The van der Waals surface area contributed by atoms with Crippen molar-refractivity contribution in [1.29, 1.82) is 0 Å². The van der Waals surface area contributed by atoms with Crippen LogP contribution in [0.15, 0.2) is 64.2 Å². The van der Waals surface area contributed by atoms with Crippen LogP contribution < -0.4 is 14.2 Å². The van der Waals surface area contributed by atoms with Crippen LogP contribution in [0.3, 0.4) is 0 Å². The zero-order chi connectivity index (χ0) is 28.8. The number of benzene rings is 3. The van der Waals surface area contributed by atoms with E-state index in [9.17, 15) is 10.1 Å². The van der Waals surface area contributed by atoms with Crippen molar-refractivity contribution < 1.29 is 19.1 Å². The van der Waals surface area contributed by atoms with E-state index in [1.54, 1.807) is 31.4 Å². The highest BCUT2D eigenvalue weighted by molar-refractivity contribution is 9.10. The topological polar surface area (TPSA) is 102 Å². The molecule has 0 unspecified atom stereocenters. The fourth-order valence-electron chi connectivity index (χ4n) is 3.88. The van der Waals surface area contributed by atoms with Gasteiger partial charge in [-0.2, -0.15) is 0 Å². The minimum Gasteiger partial charge on any atom is -0.497 e. The number of thioether (sulfide) groups is 1. The maximum absolute atomic E-state index is 11.7. The number of halogens is 3. The van der Waals surface area contributed by atoms with Crippen molar-refractivity contribution in [2.45, 2.75) is 30.9 Å². The molecule has 210 valence electrons. The van der Waals surface area contributed by atoms with E-state index in [1.165, 1.54) is 11.8 Å². The molecule has 13 heteroatoms. The van der Waals surface area contributed by atoms with E-state index in [2.05, 4.69) is 26.1 Å². The summed E-state index contributed by atoms with van der Waals surface area (Å²) in [4.78, 5) is 11.4. The van der Waals surface area contributed by atoms with Crippen molar-refractivity contribution >= 4 is 50.9 Å². The van der Waals surface area contributed by atoms with E-state index in [0.29, 0.717) is 54.9 Å². The fourth-order valence-corrected chi connectivity index (χ4v) is 5.93. The number of hydrogen-bond donors (Lipinski definition) is 0. The lowest BCUT2D eigenvalue weighted by atomic mass is 10.1. The van der Waals surface area contributed by atoms with E-state index < -0.39 is 5.25 Å². The van der Waals surface area contributed by atoms with E-state index in [-0.39, 0.29) is 18.1 Å². The van der Waals surface area contributed by atoms with Crippen LogP contribution in [0.25, 0.3) is 5.69 Å². The van der Waals surface area contributed by atoms with E-state index >= 15 is 0 Å². The van der Waals surface area contributed by atoms with Crippen molar-refractivity contribution in [3.05, 3.63) is 96.2 Å². The first-order chi connectivity index (χ1) is 19.2. The van der Waals surface area contributed by atoms with Gasteiger partial charge in [0.2, 0.25) is 6.54 Å². The fraction of sp³-hybridized carbons (Fsp3) is 0.259. The quantitative estimate of drug-likeness (QED) is 0.0859. The minimum atomic E-state index is -0.602. The number of nitrogens with zero attached hydrogens (tertiary/aromatic N) is 4. The number of ether oxygens (including phenoxy) is 3. The van der Waals surface area contributed by atoms with Gasteiger partial charge in [0.25, 0.3) is 0 Å². The van der Waals surface area contributed by atoms with Crippen LogP contribution in [0.5, 0.6) is 17.2 Å². The van der Waals surface area contributed by atoms with E-state index in [0.717, 1.165) is 11.3 Å². The van der Waals surface area contributed by atoms with Crippen molar-refractivity contribution in [3.8, 4) is 22.9 Å². The Morgan fingerprint density at radius 2 is 1.82 bits per heavy atom. The minimum absolute atomic E-state index is 0.215. The van der Waals surface area contributed by atoms with Crippen LogP contribution in [0, 0.1) is 17.0 Å². The second-order valence-corrected chi connectivity index (χ2v) is 11.3. The van der Waals surface area contributed by atoms with Gasteiger partial charge < -0.3 is 14.2 Å². The Hall–Kier alpha value is -2.99. The molecular formula is C27H25BrCl2N4O5S. The first kappa shape index (κ1) is 30.0. The summed E-state index contributed by atoms with van der Waals surface area (Å²) in [5, 5.41) is 21.1. The average molecular weight is 668 g/mol. The van der Waals surface area contributed by atoms with Gasteiger partial charge in [-0.3, -0.25) is 14.7 Å². The van der Waals surface area contributed by atoms with Crippen molar-refractivity contribution in [3.63, 3.8) is 0 Å². The molecule has 0 saturated heterocycles. The molecule has 40 heavy (non-hydrogen) atoms. The third-order valence-electron chi connectivity index (χ3n) is 5.76. The molecule has 0 aliphatic carbocycles. The number of nitro groups is 1. The summed E-state index contributed by atoms with van der Waals surface area (Å²) in [6, 6.07) is 16.3. The molecule has 1 aromatic heterocycles. The molecule has 0 saturated carbocycles. The van der Waals surface area contributed by atoms with Gasteiger partial charge >= 0.3 is 0 Å². The summed E-state index contributed by atoms with van der Waals surface area (Å²) in [6.45, 7) is 3.92. The summed E-state index contributed by atoms with van der Waals surface area (Å²) in [6.07, 6.45) is 0. The average Bonchev–Trinajstić information content (AvgIpc) is 3.29. The lowest BCUT2D eigenvalue weighted by Crippen LogP contribution is -2.12. The Morgan fingerprint density at radius 3 is 2.48 bits per heavy atom. The van der Waals surface area contributed by atoms with Crippen molar-refractivity contribution in [2.75, 3.05) is 20.3 Å². The highest BCUT2D eigenvalue weighted by Gasteiger charge is 2.26. The number of aromatic nitrogens is 3. The Labute approximate surface area is 254 Å². The Bertz CT molecular complexity index is 1500. The molecule has 0 spiro atoms. The van der Waals surface area contributed by atoms with Gasteiger partial charge in [0.1, 0.15) is 23.4 Å². The summed E-state index contributed by atoms with van der Waals surface area (Å²) in [5.41, 5.74) is 2.30. The Balaban J connectivity index is 1.66. The van der Waals surface area contributed by atoms with E-state index in [4.69, 9.17) is 37.4 Å². The molecule has 3 aromatic carbocycles. The van der Waals surface area contributed by atoms with Gasteiger partial charge in [-0.05, 0) is 89.4 Å². The van der Waals surface area contributed by atoms with Crippen LogP contribution in [0.1, 0.15) is 29.1 Å². The largest absolute Gasteiger partial charge is 0.497 e. The molecule has 4 rings (SSSR count). The van der Waals surface area contributed by atoms with Crippen LogP contribution >= 0.6 is 50.9 Å². The summed E-state index contributed by atoms with van der Waals surface area (Å²) >= 11 is 17.0. The van der Waals surface area contributed by atoms with Gasteiger partial charge in [0.05, 0.1) is 28.2 Å². The first-order valence-corrected chi connectivity index (χ1v) is 14.5. The highest BCUT2D eigenvalue weighted by atomic mass is 79.9. The molecule has 0 radical (unpaired) electrons. The van der Waals surface area contributed by atoms with Gasteiger partial charge in [-0.1, -0.05) is 41.0 Å². The monoisotopic (exact) mass is 666 g/mol. The lowest BCUT2D eigenvalue weighted by Gasteiger charge is -2.19. The lowest BCUT2D eigenvalue weighted by molar-refractivity contribution is -0.479. The Morgan fingerprint density at radius 1 is 1.07 bits per heavy atom. The molecular weight excluding hydrogens is 643 g/mol. The maximum Gasteiger partial charge on any atom is 0.220 e. The molecule has 0 bridgehead atoms. The SMILES string of the molecule is CCOc1cc([C@H](C[N+](=O)[O-])Sc2nnc(C)n2-c2ccc(OC)cc2)cc(Br)c1OCc1ccc(Cl)c(Cl)c1. The van der Waals surface area contributed by atoms with Crippen LogP contribution in [0.4, 0.5) is 0 Å². The van der Waals surface area contributed by atoms with Gasteiger partial charge in [0.15, 0.2) is 16.7 Å². The van der Waals surface area contributed by atoms with E-state index in [1.807, 2.05) is 48.7 Å². The maximum atomic E-state index is 11.7. The van der Waals surface area contributed by atoms with Crippen LogP contribution in [-0.4, -0.2) is 39.9 Å². The van der Waals surface area contributed by atoms with Crippen LogP contribution in [-0.2, 0) is 6.61 Å². The zero-order valence-electron chi connectivity index (χ0n) is 21.8. The summed E-state index contributed by atoms with van der Waals surface area (Å²) < 4.78 is 19.7. The molecule has 0 amide bonds. The number of hydrogen-bond acceptors (Lipinski definition) is 8. The van der Waals surface area contributed by atoms with Crippen LogP contribution in [0.2, 0.25) is 10.0 Å². The standard InChI is InChI=1S/C27H25BrCl2N4O5S/c1-4-38-24-13-18(12-21(28)26(24)39-15-17-5-10-22(29)23(30)11-17)25(14-33(35)36)40-27-32-31-16(2)34(27)19-6-8-20(37-3)9-7-19/h5-13,25H,4,14-15H2,1-3H3/t25-/m0/s1. The number of rotatable bonds is 12. The Kier molecular flexibility index (Phi) is 10.2. The predicted octanol–water partition coefficient (Wildman–Crippen LogP) is 7.74. The number of methoxy groups -OCH3 is 1. The third kappa shape index (κ3) is 7.20. The molecule has 0 fully saturated rings. The van der Waals surface area contributed by atoms with Gasteiger partial charge in [-0.25, -0.2) is 0 Å². The van der Waals surface area contributed by atoms with Crippen molar-refractivity contribution in [2.24, 2.45) is 0 Å². The first-order valence-electron chi connectivity index (χ1n) is 12.1. The molecule has 4 aromatic rings. The predicted molar refractivity (Wildman–Crippen MR) is 159 cm³/mol. The molecule has 1 atom stereocenters. The molecule has 0 N–H and O–H groups in total. The van der Waals surface area contributed by atoms with Gasteiger partial charge in [0, 0.05) is 10.6 Å². The molecule has 1 heterocycles. The molecule has 0 aliphatic rings. The smallest absolute Gasteiger partial charge is 0.220 e. The normalized spacial score (nSPS) is 11.8. The summed E-state index contributed by atoms with van der Waals surface area (Å²) in [5.74, 6) is 2.28.